The second kappa shape index (κ2) is 15.5. The molecule has 0 bridgehead atoms. The van der Waals surface area contributed by atoms with Gasteiger partial charge in [-0.15, -0.1) is 0 Å². The molecule has 0 aliphatic carbocycles. The number of rotatable bonds is 4. The van der Waals surface area contributed by atoms with Crippen molar-refractivity contribution in [1.82, 2.24) is 4.98 Å². The van der Waals surface area contributed by atoms with E-state index in [1.807, 2.05) is 92.7 Å². The topological polar surface area (TPSA) is 61.4 Å². The fourth-order valence-electron chi connectivity index (χ4n) is 2.34. The standard InChI is InChI=1S/C21H19N3.C2H3N.2ClH.Ru/c1-16(22-18-10-5-3-6-11-18)20-14-9-15-21(24-20)17(2)23-19-12-7-4-8-13-19;1-2-3;;;/h3-15H,1-2H3;1H3;2*1H;/q;;;;+2/p-2. The van der Waals surface area contributed by atoms with Crippen molar-refractivity contribution in [3.8, 4) is 6.07 Å². The van der Waals surface area contributed by atoms with E-state index in [-0.39, 0.29) is 15.1 Å². The summed E-state index contributed by atoms with van der Waals surface area (Å²) < 4.78 is 0. The Bertz CT molecular complexity index is 914. The van der Waals surface area contributed by atoms with Crippen molar-refractivity contribution in [2.24, 2.45) is 9.98 Å². The molecule has 0 radical (unpaired) electrons. The average molecular weight is 526 g/mol. The van der Waals surface area contributed by atoms with E-state index in [2.05, 4.69) is 9.98 Å². The molecule has 7 heteroatoms. The first-order valence-corrected chi connectivity index (χ1v) is 13.4. The molecule has 1 heterocycles. The Hall–Kier alpha value is -2.38. The van der Waals surface area contributed by atoms with Crippen molar-refractivity contribution in [1.29, 1.82) is 5.26 Å². The van der Waals surface area contributed by atoms with Crippen LogP contribution in [0.15, 0.2) is 88.8 Å². The van der Waals surface area contributed by atoms with Gasteiger partial charge in [0.15, 0.2) is 0 Å². The summed E-state index contributed by atoms with van der Waals surface area (Å²) in [6, 6.07) is 27.5. The molecule has 30 heavy (non-hydrogen) atoms. The van der Waals surface area contributed by atoms with Crippen molar-refractivity contribution in [3.63, 3.8) is 0 Å². The molecule has 1 aromatic heterocycles. The van der Waals surface area contributed by atoms with Crippen LogP contribution in [-0.2, 0) is 15.1 Å². The Labute approximate surface area is 194 Å². The number of aromatic nitrogens is 1. The number of benzene rings is 2. The molecule has 2 aromatic carbocycles. The van der Waals surface area contributed by atoms with Gasteiger partial charge in [0, 0.05) is 6.92 Å². The molecule has 0 atom stereocenters. The number of halogens is 2. The average Bonchev–Trinajstić information content (AvgIpc) is 2.76. The number of hydrogen-bond acceptors (Lipinski definition) is 4. The fourth-order valence-corrected chi connectivity index (χ4v) is 2.34. The summed E-state index contributed by atoms with van der Waals surface area (Å²) in [6.45, 7) is 5.38. The van der Waals surface area contributed by atoms with Crippen LogP contribution in [0.4, 0.5) is 11.4 Å². The van der Waals surface area contributed by atoms with E-state index in [9.17, 15) is 0 Å². The number of aliphatic imine (C=N–C) groups is 2. The Morgan fingerprint density at radius 2 is 1.10 bits per heavy atom. The summed E-state index contributed by atoms with van der Waals surface area (Å²) in [6.07, 6.45) is 0. The third-order valence-electron chi connectivity index (χ3n) is 3.60. The van der Waals surface area contributed by atoms with Gasteiger partial charge in [-0.1, -0.05) is 42.5 Å². The van der Waals surface area contributed by atoms with Crippen LogP contribution >= 0.6 is 19.4 Å². The Morgan fingerprint density at radius 1 is 0.767 bits per heavy atom. The first-order valence-electron chi connectivity index (χ1n) is 8.90. The van der Waals surface area contributed by atoms with Gasteiger partial charge < -0.3 is 0 Å². The van der Waals surface area contributed by atoms with Crippen LogP contribution in [0.5, 0.6) is 0 Å². The molecular weight excluding hydrogens is 504 g/mol. The van der Waals surface area contributed by atoms with Crippen LogP contribution in [-0.4, -0.2) is 16.4 Å². The van der Waals surface area contributed by atoms with Crippen LogP contribution in [0, 0.1) is 11.3 Å². The van der Waals surface area contributed by atoms with Crippen molar-refractivity contribution >= 4 is 42.2 Å². The van der Waals surface area contributed by atoms with E-state index in [1.165, 1.54) is 6.92 Å². The van der Waals surface area contributed by atoms with Gasteiger partial charge in [0.05, 0.1) is 40.3 Å². The zero-order valence-corrected chi connectivity index (χ0v) is 20.2. The van der Waals surface area contributed by atoms with Crippen LogP contribution in [0.1, 0.15) is 32.2 Å². The van der Waals surface area contributed by atoms with Gasteiger partial charge in [-0.05, 0) is 50.2 Å². The van der Waals surface area contributed by atoms with E-state index in [4.69, 9.17) is 29.6 Å². The van der Waals surface area contributed by atoms with E-state index >= 15 is 0 Å². The van der Waals surface area contributed by atoms with Gasteiger partial charge in [-0.3, -0.25) is 9.98 Å². The molecule has 0 aliphatic heterocycles. The van der Waals surface area contributed by atoms with Crippen LogP contribution in [0.2, 0.25) is 0 Å². The normalized spacial score (nSPS) is 10.8. The minimum atomic E-state index is -0.346. The summed E-state index contributed by atoms with van der Waals surface area (Å²) in [7, 11) is 9.71. The molecule has 156 valence electrons. The molecule has 4 nitrogen and oxygen atoms in total. The molecule has 3 rings (SSSR count). The Balaban J connectivity index is 0.000000672. The summed E-state index contributed by atoms with van der Waals surface area (Å²) in [4.78, 5) is 14.0. The number of pyridine rings is 1. The van der Waals surface area contributed by atoms with E-state index < -0.39 is 0 Å². The van der Waals surface area contributed by atoms with Gasteiger partial charge in [0.25, 0.3) is 0 Å². The first kappa shape index (κ1) is 25.7. The van der Waals surface area contributed by atoms with Crippen molar-refractivity contribution in [2.75, 3.05) is 0 Å². The Kier molecular flexibility index (Phi) is 13.2. The van der Waals surface area contributed by atoms with E-state index in [0.29, 0.717) is 0 Å². The SMILES string of the molecule is CC#N.CC(=Nc1ccccc1)c1cccc(C(C)=Nc2ccccc2)n1.[Cl][Ru][Cl]. The number of para-hydroxylation sites is 2. The van der Waals surface area contributed by atoms with Crippen LogP contribution in [0.3, 0.4) is 0 Å². The van der Waals surface area contributed by atoms with Gasteiger partial charge in [0.2, 0.25) is 0 Å². The fraction of sp³-hybridized carbons (Fsp3) is 0.130. The summed E-state index contributed by atoms with van der Waals surface area (Å²) in [5.74, 6) is 0. The van der Waals surface area contributed by atoms with Crippen molar-refractivity contribution in [2.45, 2.75) is 20.8 Å². The van der Waals surface area contributed by atoms with Gasteiger partial charge in [-0.25, -0.2) is 4.98 Å². The van der Waals surface area contributed by atoms with Crippen LogP contribution in [0.25, 0.3) is 0 Å². The number of hydrogen-bond donors (Lipinski definition) is 0. The zero-order chi connectivity index (χ0) is 22.2. The molecule has 0 fully saturated rings. The number of nitriles is 1. The Morgan fingerprint density at radius 3 is 1.43 bits per heavy atom. The van der Waals surface area contributed by atoms with Gasteiger partial charge in [0.1, 0.15) is 0 Å². The van der Waals surface area contributed by atoms with Gasteiger partial charge in [-0.2, -0.15) is 5.26 Å². The molecule has 0 aliphatic rings. The summed E-state index contributed by atoms with van der Waals surface area (Å²) >= 11 is -0.346. The summed E-state index contributed by atoms with van der Waals surface area (Å²) in [5, 5.41) is 7.32. The van der Waals surface area contributed by atoms with Gasteiger partial charge >= 0.3 is 34.5 Å². The van der Waals surface area contributed by atoms with Crippen molar-refractivity contribution in [3.05, 3.63) is 90.3 Å². The maximum atomic E-state index is 7.32. The quantitative estimate of drug-likeness (QED) is 0.265. The molecule has 0 amide bonds. The third kappa shape index (κ3) is 9.90. The second-order valence-electron chi connectivity index (χ2n) is 5.75. The summed E-state index contributed by atoms with van der Waals surface area (Å²) in [5.41, 5.74) is 5.35. The molecule has 0 saturated carbocycles. The molecule has 0 saturated heterocycles. The van der Waals surface area contributed by atoms with E-state index in [1.54, 1.807) is 6.07 Å². The maximum absolute atomic E-state index is 7.32. The zero-order valence-electron chi connectivity index (χ0n) is 16.9. The molecular formula is C23H22Cl2N4Ru. The molecule has 0 N–H and O–H groups in total. The third-order valence-corrected chi connectivity index (χ3v) is 3.60. The predicted octanol–water partition coefficient (Wildman–Crippen LogP) is 7.27. The first-order chi connectivity index (χ1) is 14.5. The van der Waals surface area contributed by atoms with Crippen molar-refractivity contribution < 1.29 is 15.1 Å². The molecule has 0 spiro atoms. The predicted molar refractivity (Wildman–Crippen MR) is 124 cm³/mol. The minimum absolute atomic E-state index is 0.346. The molecule has 0 unspecified atom stereocenters. The number of nitrogens with zero attached hydrogens (tertiary/aromatic N) is 4. The second-order valence-corrected chi connectivity index (χ2v) is 8.39. The molecule has 3 aromatic rings. The monoisotopic (exact) mass is 526 g/mol. The van der Waals surface area contributed by atoms with E-state index in [0.717, 1.165) is 34.2 Å². The van der Waals surface area contributed by atoms with Crippen LogP contribution < -0.4 is 0 Å².